The van der Waals surface area contributed by atoms with Crippen LogP contribution < -0.4 is 5.32 Å². The van der Waals surface area contributed by atoms with Gasteiger partial charge in [-0.05, 0) is 48.6 Å². The van der Waals surface area contributed by atoms with Gasteiger partial charge in [-0.3, -0.25) is 0 Å². The monoisotopic (exact) mass is 343 g/mol. The van der Waals surface area contributed by atoms with Crippen LogP contribution in [0, 0.1) is 5.82 Å². The lowest BCUT2D eigenvalue weighted by atomic mass is 9.76. The largest absolute Gasteiger partial charge is 0.380 e. The second-order valence-corrected chi connectivity index (χ2v) is 6.56. The highest BCUT2D eigenvalue weighted by molar-refractivity contribution is 6.41. The molecule has 0 aromatic heterocycles. The summed E-state index contributed by atoms with van der Waals surface area (Å²) in [4.78, 5) is 0. The van der Waals surface area contributed by atoms with Gasteiger partial charge in [-0.2, -0.15) is 0 Å². The first kappa shape index (κ1) is 15.0. The highest BCUT2D eigenvalue weighted by Gasteiger charge is 2.31. The molecule has 0 bridgehead atoms. The van der Waals surface area contributed by atoms with Gasteiger partial charge in [0.25, 0.3) is 0 Å². The average Bonchev–Trinajstić information content (AvgIpc) is 2.37. The topological polar surface area (TPSA) is 12.0 Å². The first-order valence-corrected chi connectivity index (χ1v) is 7.83. The van der Waals surface area contributed by atoms with Crippen molar-refractivity contribution in [3.8, 4) is 0 Å². The van der Waals surface area contributed by atoms with Crippen molar-refractivity contribution >= 4 is 40.5 Å². The minimum absolute atomic E-state index is 0.201. The van der Waals surface area contributed by atoms with Crippen molar-refractivity contribution in [1.82, 2.24) is 0 Å². The molecule has 1 fully saturated rings. The molecule has 0 amide bonds. The number of hydrogen-bond acceptors (Lipinski definition) is 1. The van der Waals surface area contributed by atoms with Crippen LogP contribution in [0.1, 0.15) is 24.3 Å². The summed E-state index contributed by atoms with van der Waals surface area (Å²) in [5.41, 5.74) is 1.90. The van der Waals surface area contributed by atoms with E-state index in [-0.39, 0.29) is 5.82 Å². The van der Waals surface area contributed by atoms with Crippen LogP contribution in [0.15, 0.2) is 36.4 Å². The Morgan fingerprint density at radius 1 is 0.952 bits per heavy atom. The Kier molecular flexibility index (Phi) is 4.30. The summed E-state index contributed by atoms with van der Waals surface area (Å²) >= 11 is 18.2. The molecular weight excluding hydrogens is 332 g/mol. The van der Waals surface area contributed by atoms with Crippen molar-refractivity contribution in [1.29, 1.82) is 0 Å². The van der Waals surface area contributed by atoms with Crippen LogP contribution in [0.5, 0.6) is 0 Å². The lowest BCUT2D eigenvalue weighted by Gasteiger charge is -2.37. The number of halogens is 4. The number of anilines is 1. The van der Waals surface area contributed by atoms with Gasteiger partial charge in [0.2, 0.25) is 0 Å². The molecule has 1 aliphatic carbocycles. The Hall–Kier alpha value is -0.960. The molecule has 0 saturated heterocycles. The van der Waals surface area contributed by atoms with Gasteiger partial charge in [0.15, 0.2) is 0 Å². The normalized spacial score (nSPS) is 21.0. The summed E-state index contributed by atoms with van der Waals surface area (Å²) < 4.78 is 12.9. The molecule has 2 aromatic rings. The van der Waals surface area contributed by atoms with Gasteiger partial charge in [-0.1, -0.05) is 46.9 Å². The molecule has 1 saturated carbocycles. The second-order valence-electron chi connectivity index (χ2n) is 5.31. The zero-order valence-corrected chi connectivity index (χ0v) is 13.3. The smallest absolute Gasteiger partial charge is 0.123 e. The van der Waals surface area contributed by atoms with E-state index in [9.17, 15) is 4.39 Å². The average molecular weight is 345 g/mol. The third-order valence-electron chi connectivity index (χ3n) is 3.83. The number of rotatable bonds is 3. The molecule has 0 aliphatic heterocycles. The van der Waals surface area contributed by atoms with E-state index in [4.69, 9.17) is 34.8 Å². The Bertz CT molecular complexity index is 628. The molecule has 0 unspecified atom stereocenters. The minimum Gasteiger partial charge on any atom is -0.380 e. The zero-order chi connectivity index (χ0) is 15.0. The van der Waals surface area contributed by atoms with Crippen LogP contribution in [0.3, 0.4) is 0 Å². The van der Waals surface area contributed by atoms with Crippen molar-refractivity contribution in [2.45, 2.75) is 24.8 Å². The van der Waals surface area contributed by atoms with E-state index in [2.05, 4.69) is 5.32 Å². The number of nitrogens with one attached hydrogen (secondary N) is 1. The van der Waals surface area contributed by atoms with Gasteiger partial charge in [0, 0.05) is 11.1 Å². The Morgan fingerprint density at radius 2 is 1.52 bits per heavy atom. The maximum absolute atomic E-state index is 12.9. The lowest BCUT2D eigenvalue weighted by molar-refractivity contribution is 0.374. The van der Waals surface area contributed by atoms with Crippen molar-refractivity contribution in [2.75, 3.05) is 5.32 Å². The van der Waals surface area contributed by atoms with E-state index in [1.54, 1.807) is 12.1 Å². The second kappa shape index (κ2) is 6.04. The lowest BCUT2D eigenvalue weighted by Crippen LogP contribution is -2.34. The fourth-order valence-corrected chi connectivity index (χ4v) is 3.55. The highest BCUT2D eigenvalue weighted by atomic mass is 35.5. The fraction of sp³-hybridized carbons (Fsp3) is 0.250. The van der Waals surface area contributed by atoms with Gasteiger partial charge in [-0.25, -0.2) is 4.39 Å². The molecule has 0 radical (unpaired) electrons. The molecule has 0 heterocycles. The predicted molar refractivity (Wildman–Crippen MR) is 87.3 cm³/mol. The minimum atomic E-state index is -0.201. The van der Waals surface area contributed by atoms with Gasteiger partial charge in [0.05, 0.1) is 15.7 Å². The summed E-state index contributed by atoms with van der Waals surface area (Å²) in [6.45, 7) is 0. The van der Waals surface area contributed by atoms with Crippen molar-refractivity contribution in [2.24, 2.45) is 0 Å². The van der Waals surface area contributed by atoms with Crippen LogP contribution in [0.2, 0.25) is 15.1 Å². The van der Waals surface area contributed by atoms with Gasteiger partial charge in [0.1, 0.15) is 5.82 Å². The highest BCUT2D eigenvalue weighted by Crippen LogP contribution is 2.41. The molecule has 0 spiro atoms. The van der Waals surface area contributed by atoms with E-state index < -0.39 is 0 Å². The summed E-state index contributed by atoms with van der Waals surface area (Å²) in [6.07, 6.45) is 1.95. The SMILES string of the molecule is Fc1ccc(C2CC(Nc3c(Cl)cc(Cl)cc3Cl)C2)cc1. The van der Waals surface area contributed by atoms with Crippen LogP contribution >= 0.6 is 34.8 Å². The van der Waals surface area contributed by atoms with Crippen LogP contribution in [-0.2, 0) is 0 Å². The van der Waals surface area contributed by atoms with Crippen molar-refractivity contribution in [3.05, 3.63) is 62.8 Å². The molecule has 110 valence electrons. The van der Waals surface area contributed by atoms with Crippen LogP contribution in [0.25, 0.3) is 0 Å². The van der Waals surface area contributed by atoms with E-state index in [0.29, 0.717) is 27.0 Å². The number of benzene rings is 2. The molecule has 5 heteroatoms. The molecule has 0 atom stereocenters. The molecule has 3 rings (SSSR count). The molecule has 1 aliphatic rings. The van der Waals surface area contributed by atoms with Gasteiger partial charge >= 0.3 is 0 Å². The van der Waals surface area contributed by atoms with Crippen LogP contribution in [0.4, 0.5) is 10.1 Å². The molecular formula is C16H13Cl3FN. The Labute approximate surface area is 138 Å². The first-order valence-electron chi connectivity index (χ1n) is 6.69. The van der Waals surface area contributed by atoms with Crippen LogP contribution in [-0.4, -0.2) is 6.04 Å². The zero-order valence-electron chi connectivity index (χ0n) is 11.0. The standard InChI is InChI=1S/C16H13Cl3FN/c17-11-7-14(18)16(15(19)8-11)21-13-5-10(6-13)9-1-3-12(20)4-2-9/h1-4,7-8,10,13,21H,5-6H2. The van der Waals surface area contributed by atoms with E-state index in [1.807, 2.05) is 12.1 Å². The molecule has 1 N–H and O–H groups in total. The van der Waals surface area contributed by atoms with E-state index >= 15 is 0 Å². The maximum Gasteiger partial charge on any atom is 0.123 e. The third kappa shape index (κ3) is 3.28. The summed E-state index contributed by atoms with van der Waals surface area (Å²) in [6, 6.07) is 10.4. The molecule has 21 heavy (non-hydrogen) atoms. The van der Waals surface area contributed by atoms with Gasteiger partial charge < -0.3 is 5.32 Å². The Balaban J connectivity index is 1.64. The summed E-state index contributed by atoms with van der Waals surface area (Å²) in [7, 11) is 0. The van der Waals surface area contributed by atoms with Gasteiger partial charge in [-0.15, -0.1) is 0 Å². The fourth-order valence-electron chi connectivity index (χ4n) is 2.63. The van der Waals surface area contributed by atoms with E-state index in [0.717, 1.165) is 18.5 Å². The summed E-state index contributed by atoms with van der Waals surface area (Å²) in [5.74, 6) is 0.250. The predicted octanol–water partition coefficient (Wildman–Crippen LogP) is 6.14. The quantitative estimate of drug-likeness (QED) is 0.704. The number of hydrogen-bond donors (Lipinski definition) is 1. The first-order chi connectivity index (χ1) is 10.0. The van der Waals surface area contributed by atoms with E-state index in [1.165, 1.54) is 17.7 Å². The summed E-state index contributed by atoms with van der Waals surface area (Å²) in [5, 5.41) is 4.93. The van der Waals surface area contributed by atoms with Crippen molar-refractivity contribution < 1.29 is 4.39 Å². The molecule has 1 nitrogen and oxygen atoms in total. The van der Waals surface area contributed by atoms with Crippen molar-refractivity contribution in [3.63, 3.8) is 0 Å². The molecule has 2 aromatic carbocycles. The Morgan fingerprint density at radius 3 is 2.10 bits per heavy atom. The maximum atomic E-state index is 12.9. The third-order valence-corrected chi connectivity index (χ3v) is 4.65.